The fourth-order valence-corrected chi connectivity index (χ4v) is 2.74. The van der Waals surface area contributed by atoms with Gasteiger partial charge in [-0.15, -0.1) is 0 Å². The topological polar surface area (TPSA) is 121 Å². The molecule has 2 aromatic carbocycles. The van der Waals surface area contributed by atoms with Crippen molar-refractivity contribution in [1.82, 2.24) is 9.88 Å². The number of benzene rings is 2. The Kier molecular flexibility index (Phi) is 6.78. The van der Waals surface area contributed by atoms with Crippen molar-refractivity contribution in [2.75, 3.05) is 14.1 Å². The van der Waals surface area contributed by atoms with E-state index in [1.54, 1.807) is 38.4 Å². The zero-order chi connectivity index (χ0) is 22.4. The molecule has 0 saturated carbocycles. The molecule has 3 rings (SSSR count). The SMILES string of the molecule is CN(C)C(=O)[C@@H](N)Cc1ccc(Oc2ccc(Oc3ccc([N+](=O)[O-])cn3)cc2)cc1. The number of carbonyl (C=O) groups excluding carboxylic acids is 1. The summed E-state index contributed by atoms with van der Waals surface area (Å²) in [6.07, 6.45) is 1.58. The number of nitrogens with two attached hydrogens (primary N) is 1. The maximum Gasteiger partial charge on any atom is 0.287 e. The molecule has 3 aromatic rings. The van der Waals surface area contributed by atoms with Gasteiger partial charge in [-0.3, -0.25) is 14.9 Å². The monoisotopic (exact) mass is 422 g/mol. The smallest absolute Gasteiger partial charge is 0.287 e. The second-order valence-corrected chi connectivity index (χ2v) is 6.97. The summed E-state index contributed by atoms with van der Waals surface area (Å²) in [5.74, 6) is 1.90. The number of ether oxygens (including phenoxy) is 2. The van der Waals surface area contributed by atoms with Crippen LogP contribution < -0.4 is 15.2 Å². The summed E-state index contributed by atoms with van der Waals surface area (Å²) in [6.45, 7) is 0. The van der Waals surface area contributed by atoms with Crippen molar-refractivity contribution in [3.8, 4) is 23.1 Å². The largest absolute Gasteiger partial charge is 0.457 e. The van der Waals surface area contributed by atoms with Crippen LogP contribution >= 0.6 is 0 Å². The van der Waals surface area contributed by atoms with Gasteiger partial charge in [-0.25, -0.2) is 4.98 Å². The van der Waals surface area contributed by atoms with Crippen LogP contribution in [-0.2, 0) is 11.2 Å². The average molecular weight is 422 g/mol. The van der Waals surface area contributed by atoms with E-state index in [1.807, 2.05) is 24.3 Å². The summed E-state index contributed by atoms with van der Waals surface area (Å²) >= 11 is 0. The van der Waals surface area contributed by atoms with Gasteiger partial charge in [0.15, 0.2) is 0 Å². The van der Waals surface area contributed by atoms with E-state index >= 15 is 0 Å². The van der Waals surface area contributed by atoms with Crippen LogP contribution in [0.4, 0.5) is 5.69 Å². The predicted octanol–water partition coefficient (Wildman–Crippen LogP) is 3.53. The summed E-state index contributed by atoms with van der Waals surface area (Å²) in [7, 11) is 3.36. The van der Waals surface area contributed by atoms with Gasteiger partial charge in [0.2, 0.25) is 11.8 Å². The van der Waals surface area contributed by atoms with Crippen molar-refractivity contribution in [1.29, 1.82) is 0 Å². The van der Waals surface area contributed by atoms with Crippen molar-refractivity contribution in [2.24, 2.45) is 5.73 Å². The Morgan fingerprint density at radius 1 is 1.00 bits per heavy atom. The van der Waals surface area contributed by atoms with Crippen LogP contribution in [-0.4, -0.2) is 40.9 Å². The van der Waals surface area contributed by atoms with Gasteiger partial charge in [-0.2, -0.15) is 0 Å². The normalized spacial score (nSPS) is 11.5. The molecule has 0 aliphatic rings. The molecule has 0 radical (unpaired) electrons. The number of carbonyl (C=O) groups is 1. The number of pyridine rings is 1. The van der Waals surface area contributed by atoms with E-state index in [2.05, 4.69) is 4.98 Å². The van der Waals surface area contributed by atoms with E-state index in [9.17, 15) is 14.9 Å². The van der Waals surface area contributed by atoms with E-state index in [1.165, 1.54) is 17.0 Å². The second kappa shape index (κ2) is 9.68. The van der Waals surface area contributed by atoms with Crippen LogP contribution in [0, 0.1) is 10.1 Å². The van der Waals surface area contributed by atoms with Gasteiger partial charge in [0.05, 0.1) is 11.0 Å². The molecule has 9 heteroatoms. The molecule has 0 fully saturated rings. The Morgan fingerprint density at radius 3 is 2.03 bits per heavy atom. The molecule has 0 bridgehead atoms. The van der Waals surface area contributed by atoms with Crippen LogP contribution in [0.5, 0.6) is 23.1 Å². The molecular formula is C22H22N4O5. The third kappa shape index (κ3) is 6.00. The summed E-state index contributed by atoms with van der Waals surface area (Å²) in [4.78, 5) is 27.4. The molecule has 1 atom stereocenters. The zero-order valence-electron chi connectivity index (χ0n) is 17.1. The zero-order valence-corrected chi connectivity index (χ0v) is 17.1. The molecule has 0 spiro atoms. The van der Waals surface area contributed by atoms with Gasteiger partial charge in [0.25, 0.3) is 5.69 Å². The van der Waals surface area contributed by atoms with Gasteiger partial charge < -0.3 is 20.1 Å². The highest BCUT2D eigenvalue weighted by Crippen LogP contribution is 2.27. The van der Waals surface area contributed by atoms with Gasteiger partial charge in [-0.1, -0.05) is 12.1 Å². The lowest BCUT2D eigenvalue weighted by molar-refractivity contribution is -0.385. The molecule has 0 aliphatic carbocycles. The van der Waals surface area contributed by atoms with Crippen LogP contribution in [0.15, 0.2) is 66.9 Å². The molecule has 0 aliphatic heterocycles. The lowest BCUT2D eigenvalue weighted by atomic mass is 10.1. The Hall–Kier alpha value is -3.98. The summed E-state index contributed by atoms with van der Waals surface area (Å²) < 4.78 is 11.4. The number of aromatic nitrogens is 1. The molecule has 1 aromatic heterocycles. The quantitative estimate of drug-likeness (QED) is 0.435. The molecule has 0 saturated heterocycles. The van der Waals surface area contributed by atoms with Gasteiger partial charge in [-0.05, 0) is 48.4 Å². The van der Waals surface area contributed by atoms with Crippen molar-refractivity contribution >= 4 is 11.6 Å². The molecule has 160 valence electrons. The van der Waals surface area contributed by atoms with Gasteiger partial charge in [0, 0.05) is 26.2 Å². The van der Waals surface area contributed by atoms with Crippen molar-refractivity contribution in [3.05, 3.63) is 82.5 Å². The molecular weight excluding hydrogens is 400 g/mol. The molecule has 1 amide bonds. The van der Waals surface area contributed by atoms with Crippen LogP contribution in [0.3, 0.4) is 0 Å². The Bertz CT molecular complexity index is 1040. The highest BCUT2D eigenvalue weighted by molar-refractivity contribution is 5.81. The summed E-state index contributed by atoms with van der Waals surface area (Å²) in [5, 5.41) is 10.7. The highest BCUT2D eigenvalue weighted by atomic mass is 16.6. The van der Waals surface area contributed by atoms with Crippen LogP contribution in [0.2, 0.25) is 0 Å². The van der Waals surface area contributed by atoms with Crippen molar-refractivity contribution < 1.29 is 19.2 Å². The fourth-order valence-electron chi connectivity index (χ4n) is 2.74. The minimum absolute atomic E-state index is 0.103. The van der Waals surface area contributed by atoms with Crippen LogP contribution in [0.1, 0.15) is 5.56 Å². The first-order valence-corrected chi connectivity index (χ1v) is 9.44. The first kappa shape index (κ1) is 21.7. The summed E-state index contributed by atoms with van der Waals surface area (Å²) in [5.41, 5.74) is 6.77. The first-order valence-electron chi connectivity index (χ1n) is 9.44. The molecule has 2 N–H and O–H groups in total. The first-order chi connectivity index (χ1) is 14.8. The maximum absolute atomic E-state index is 11.9. The van der Waals surface area contributed by atoms with E-state index in [-0.39, 0.29) is 17.5 Å². The van der Waals surface area contributed by atoms with E-state index in [0.29, 0.717) is 23.7 Å². The average Bonchev–Trinajstić information content (AvgIpc) is 2.76. The molecule has 31 heavy (non-hydrogen) atoms. The lowest BCUT2D eigenvalue weighted by Gasteiger charge is -2.16. The number of likely N-dealkylation sites (N-methyl/N-ethyl adjacent to an activating group) is 1. The molecule has 9 nitrogen and oxygen atoms in total. The number of hydrogen-bond donors (Lipinski definition) is 1. The van der Waals surface area contributed by atoms with Crippen molar-refractivity contribution in [2.45, 2.75) is 12.5 Å². The van der Waals surface area contributed by atoms with Crippen molar-refractivity contribution in [3.63, 3.8) is 0 Å². The maximum atomic E-state index is 11.9. The minimum Gasteiger partial charge on any atom is -0.457 e. The minimum atomic E-state index is -0.584. The van der Waals surface area contributed by atoms with E-state index in [0.717, 1.165) is 11.8 Å². The summed E-state index contributed by atoms with van der Waals surface area (Å²) in [6, 6.07) is 16.4. The molecule has 1 heterocycles. The number of amides is 1. The third-order valence-electron chi connectivity index (χ3n) is 4.35. The predicted molar refractivity (Wildman–Crippen MR) is 114 cm³/mol. The number of rotatable bonds is 8. The Morgan fingerprint density at radius 2 is 1.55 bits per heavy atom. The van der Waals surface area contributed by atoms with Gasteiger partial charge in [0.1, 0.15) is 23.4 Å². The number of nitro groups is 1. The van der Waals surface area contributed by atoms with E-state index < -0.39 is 11.0 Å². The Balaban J connectivity index is 1.57. The lowest BCUT2D eigenvalue weighted by Crippen LogP contribution is -2.41. The number of nitrogens with zero attached hydrogens (tertiary/aromatic N) is 3. The second-order valence-electron chi connectivity index (χ2n) is 6.97. The number of hydrogen-bond acceptors (Lipinski definition) is 7. The standard InChI is InChI=1S/C22H22N4O5/c1-25(2)22(27)20(23)13-15-3-6-17(7-4-15)30-18-8-10-19(11-9-18)31-21-12-5-16(14-24-21)26(28)29/h3-12,14,20H,13,23H2,1-2H3/t20-/m0/s1. The fraction of sp³-hybridized carbons (Fsp3) is 0.182. The van der Waals surface area contributed by atoms with Gasteiger partial charge >= 0.3 is 0 Å². The molecule has 0 unspecified atom stereocenters. The van der Waals surface area contributed by atoms with E-state index in [4.69, 9.17) is 15.2 Å². The Labute approximate surface area is 179 Å². The van der Waals surface area contributed by atoms with Crippen LogP contribution in [0.25, 0.3) is 0 Å². The highest BCUT2D eigenvalue weighted by Gasteiger charge is 2.15. The third-order valence-corrected chi connectivity index (χ3v) is 4.35.